The van der Waals surface area contributed by atoms with Crippen molar-refractivity contribution >= 4 is 9.84 Å². The second kappa shape index (κ2) is 6.10. The van der Waals surface area contributed by atoms with E-state index in [0.29, 0.717) is 18.4 Å². The summed E-state index contributed by atoms with van der Waals surface area (Å²) in [6.07, 6.45) is 5.77. The smallest absolute Gasteiger partial charge is 0.147 e. The minimum Gasteiger partial charge on any atom is -0.374 e. The van der Waals surface area contributed by atoms with Crippen LogP contribution in [0.1, 0.15) is 52.9 Å². The number of sulfone groups is 1. The highest BCUT2D eigenvalue weighted by atomic mass is 32.2. The summed E-state index contributed by atoms with van der Waals surface area (Å²) in [5, 5.41) is 0. The largest absolute Gasteiger partial charge is 0.374 e. The number of ether oxygens (including phenoxy) is 1. The van der Waals surface area contributed by atoms with Gasteiger partial charge in [0.05, 0.1) is 11.4 Å². The summed E-state index contributed by atoms with van der Waals surface area (Å²) in [6, 6.07) is -0.196. The first-order chi connectivity index (χ1) is 8.60. The fourth-order valence-electron chi connectivity index (χ4n) is 2.86. The van der Waals surface area contributed by atoms with Crippen LogP contribution in [0, 0.1) is 5.41 Å². The summed E-state index contributed by atoms with van der Waals surface area (Å²) in [4.78, 5) is 0. The third kappa shape index (κ3) is 5.04. The maximum atomic E-state index is 11.3. The van der Waals surface area contributed by atoms with Gasteiger partial charge in [0.2, 0.25) is 0 Å². The summed E-state index contributed by atoms with van der Waals surface area (Å²) < 4.78 is 28.5. The van der Waals surface area contributed by atoms with Crippen LogP contribution in [0.15, 0.2) is 0 Å². The molecule has 0 aliphatic heterocycles. The maximum Gasteiger partial charge on any atom is 0.147 e. The second-order valence-electron chi connectivity index (χ2n) is 6.69. The fraction of sp³-hybridized carbons (Fsp3) is 1.00. The van der Waals surface area contributed by atoms with Crippen LogP contribution in [0.2, 0.25) is 0 Å². The molecule has 5 heteroatoms. The highest BCUT2D eigenvalue weighted by Gasteiger charge is 2.43. The standard InChI is InChI=1S/C14H29NO3S/c1-5-18-14(9-7-13(2,3)8-10-14)12(15)6-11-19(4,16)17/h12H,5-11,15H2,1-4H3. The van der Waals surface area contributed by atoms with Crippen LogP contribution in [0.5, 0.6) is 0 Å². The summed E-state index contributed by atoms with van der Waals surface area (Å²) in [5.41, 5.74) is 6.30. The zero-order chi connectivity index (χ0) is 14.7. The van der Waals surface area contributed by atoms with Gasteiger partial charge in [-0.15, -0.1) is 0 Å². The Morgan fingerprint density at radius 1 is 1.21 bits per heavy atom. The van der Waals surface area contributed by atoms with E-state index in [1.165, 1.54) is 6.26 Å². The van der Waals surface area contributed by atoms with Crippen molar-refractivity contribution in [2.75, 3.05) is 18.6 Å². The molecule has 4 nitrogen and oxygen atoms in total. The SMILES string of the molecule is CCOC1(C(N)CCS(C)(=O)=O)CCC(C)(C)CC1. The Morgan fingerprint density at radius 2 is 1.74 bits per heavy atom. The minimum absolute atomic E-state index is 0.145. The zero-order valence-corrected chi connectivity index (χ0v) is 13.6. The molecule has 1 fully saturated rings. The predicted molar refractivity (Wildman–Crippen MR) is 78.9 cm³/mol. The van der Waals surface area contributed by atoms with Crippen molar-refractivity contribution < 1.29 is 13.2 Å². The molecule has 0 spiro atoms. The lowest BCUT2D eigenvalue weighted by atomic mass is 9.68. The van der Waals surface area contributed by atoms with E-state index < -0.39 is 9.84 Å². The zero-order valence-electron chi connectivity index (χ0n) is 12.7. The van der Waals surface area contributed by atoms with E-state index in [0.717, 1.165) is 25.7 Å². The summed E-state index contributed by atoms with van der Waals surface area (Å²) in [5.74, 6) is 0.145. The molecule has 114 valence electrons. The first-order valence-corrected chi connectivity index (χ1v) is 9.24. The van der Waals surface area contributed by atoms with Crippen LogP contribution in [-0.4, -0.2) is 38.7 Å². The lowest BCUT2D eigenvalue weighted by Gasteiger charge is -2.46. The summed E-state index contributed by atoms with van der Waals surface area (Å²) >= 11 is 0. The third-order valence-corrected chi connectivity index (χ3v) is 5.33. The first kappa shape index (κ1) is 16.9. The molecule has 1 saturated carbocycles. The average molecular weight is 291 g/mol. The molecule has 0 aromatic rings. The van der Waals surface area contributed by atoms with Crippen molar-refractivity contribution in [2.24, 2.45) is 11.1 Å². The topological polar surface area (TPSA) is 69.4 Å². The molecule has 1 aliphatic carbocycles. The monoisotopic (exact) mass is 291 g/mol. The molecule has 19 heavy (non-hydrogen) atoms. The maximum absolute atomic E-state index is 11.3. The lowest BCUT2D eigenvalue weighted by Crippen LogP contribution is -2.53. The van der Waals surface area contributed by atoms with E-state index in [1.54, 1.807) is 0 Å². The van der Waals surface area contributed by atoms with Crippen molar-refractivity contribution in [1.82, 2.24) is 0 Å². The van der Waals surface area contributed by atoms with Crippen molar-refractivity contribution in [3.8, 4) is 0 Å². The molecule has 0 radical (unpaired) electrons. The minimum atomic E-state index is -2.96. The van der Waals surface area contributed by atoms with Crippen LogP contribution in [0.3, 0.4) is 0 Å². The van der Waals surface area contributed by atoms with Gasteiger partial charge in [-0.1, -0.05) is 13.8 Å². The highest BCUT2D eigenvalue weighted by Crippen LogP contribution is 2.43. The van der Waals surface area contributed by atoms with Crippen molar-refractivity contribution in [2.45, 2.75) is 64.5 Å². The summed E-state index contributed by atoms with van der Waals surface area (Å²) in [6.45, 7) is 7.15. The van der Waals surface area contributed by atoms with E-state index in [2.05, 4.69) is 13.8 Å². The van der Waals surface area contributed by atoms with Gasteiger partial charge in [-0.2, -0.15) is 0 Å². The Labute approximate surface area is 118 Å². The Balaban J connectivity index is 2.71. The summed E-state index contributed by atoms with van der Waals surface area (Å²) in [7, 11) is -2.96. The Morgan fingerprint density at radius 3 is 2.16 bits per heavy atom. The normalized spacial score (nSPS) is 24.1. The number of hydrogen-bond donors (Lipinski definition) is 1. The number of hydrogen-bond acceptors (Lipinski definition) is 4. The molecule has 1 aliphatic rings. The molecule has 0 amide bonds. The van der Waals surface area contributed by atoms with Crippen molar-refractivity contribution in [3.63, 3.8) is 0 Å². The van der Waals surface area contributed by atoms with Gasteiger partial charge in [0.25, 0.3) is 0 Å². The van der Waals surface area contributed by atoms with Crippen LogP contribution in [0.25, 0.3) is 0 Å². The molecule has 0 bridgehead atoms. The van der Waals surface area contributed by atoms with Crippen LogP contribution < -0.4 is 5.73 Å². The lowest BCUT2D eigenvalue weighted by molar-refractivity contribution is -0.0992. The van der Waals surface area contributed by atoms with Crippen LogP contribution >= 0.6 is 0 Å². The number of nitrogens with two attached hydrogens (primary N) is 1. The molecule has 0 saturated heterocycles. The van der Waals surface area contributed by atoms with E-state index >= 15 is 0 Å². The van der Waals surface area contributed by atoms with Gasteiger partial charge in [0, 0.05) is 18.9 Å². The molecule has 2 N–H and O–H groups in total. The van der Waals surface area contributed by atoms with Crippen LogP contribution in [0.4, 0.5) is 0 Å². The molecule has 1 atom stereocenters. The highest BCUT2D eigenvalue weighted by molar-refractivity contribution is 7.90. The van der Waals surface area contributed by atoms with Gasteiger partial charge in [-0.25, -0.2) is 8.42 Å². The van der Waals surface area contributed by atoms with Crippen LogP contribution in [-0.2, 0) is 14.6 Å². The van der Waals surface area contributed by atoms with Gasteiger partial charge < -0.3 is 10.5 Å². The Hall–Kier alpha value is -0.130. The van der Waals surface area contributed by atoms with E-state index in [4.69, 9.17) is 10.5 Å². The quantitative estimate of drug-likeness (QED) is 0.814. The molecular formula is C14H29NO3S. The average Bonchev–Trinajstić information content (AvgIpc) is 2.28. The van der Waals surface area contributed by atoms with Gasteiger partial charge in [0.15, 0.2) is 0 Å². The first-order valence-electron chi connectivity index (χ1n) is 7.17. The van der Waals surface area contributed by atoms with E-state index in [-0.39, 0.29) is 17.4 Å². The van der Waals surface area contributed by atoms with Crippen molar-refractivity contribution in [1.29, 1.82) is 0 Å². The van der Waals surface area contributed by atoms with E-state index in [1.807, 2.05) is 6.92 Å². The van der Waals surface area contributed by atoms with Crippen molar-refractivity contribution in [3.05, 3.63) is 0 Å². The number of rotatable bonds is 6. The molecule has 0 heterocycles. The molecule has 1 unspecified atom stereocenters. The van der Waals surface area contributed by atoms with E-state index in [9.17, 15) is 8.42 Å². The fourth-order valence-corrected chi connectivity index (χ4v) is 3.55. The Bertz CT molecular complexity index is 379. The Kier molecular flexibility index (Phi) is 5.43. The van der Waals surface area contributed by atoms with Gasteiger partial charge in [0.1, 0.15) is 9.84 Å². The van der Waals surface area contributed by atoms with Gasteiger partial charge in [-0.3, -0.25) is 0 Å². The van der Waals surface area contributed by atoms with Gasteiger partial charge >= 0.3 is 0 Å². The molecule has 0 aromatic heterocycles. The van der Waals surface area contributed by atoms with Gasteiger partial charge in [-0.05, 0) is 44.4 Å². The predicted octanol–water partition coefficient (Wildman–Crippen LogP) is 2.12. The molecule has 0 aromatic carbocycles. The molecule has 1 rings (SSSR count). The molecular weight excluding hydrogens is 262 g/mol. The third-order valence-electron chi connectivity index (χ3n) is 4.36. The second-order valence-corrected chi connectivity index (χ2v) is 8.95.